The molecule has 0 spiro atoms. The van der Waals surface area contributed by atoms with Crippen molar-refractivity contribution in [2.24, 2.45) is 5.73 Å². The van der Waals surface area contributed by atoms with Gasteiger partial charge in [0.1, 0.15) is 13.1 Å². The third kappa shape index (κ3) is 8.83. The number of rotatable bonds is 8. The number of urea groups is 1. The minimum atomic E-state index is -1.20. The highest BCUT2D eigenvalue weighted by molar-refractivity contribution is 5.86. The van der Waals surface area contributed by atoms with Crippen molar-refractivity contribution in [1.82, 2.24) is 15.1 Å². The topological polar surface area (TPSA) is 116 Å². The Labute approximate surface area is 112 Å². The number of hydrogen-bond donors (Lipinski definition) is 3. The lowest BCUT2D eigenvalue weighted by molar-refractivity contribution is -0.137. The van der Waals surface area contributed by atoms with Crippen LogP contribution >= 0.6 is 0 Å². The second-order valence-corrected chi connectivity index (χ2v) is 4.66. The smallest absolute Gasteiger partial charge is 0.323 e. The summed E-state index contributed by atoms with van der Waals surface area (Å²) < 4.78 is 0. The van der Waals surface area contributed by atoms with E-state index in [9.17, 15) is 14.4 Å². The zero-order valence-corrected chi connectivity index (χ0v) is 11.5. The number of carboxylic acid groups (broad SMARTS) is 1. The van der Waals surface area contributed by atoms with Crippen LogP contribution in [0, 0.1) is 0 Å². The van der Waals surface area contributed by atoms with Gasteiger partial charge in [-0.3, -0.25) is 9.59 Å². The van der Waals surface area contributed by atoms with Gasteiger partial charge in [0.15, 0.2) is 0 Å². The summed E-state index contributed by atoms with van der Waals surface area (Å²) in [4.78, 5) is 36.1. The molecule has 8 nitrogen and oxygen atoms in total. The summed E-state index contributed by atoms with van der Waals surface area (Å²) in [5, 5.41) is 11.3. The number of amides is 3. The zero-order chi connectivity index (χ0) is 15.0. The highest BCUT2D eigenvalue weighted by Gasteiger charge is 2.20. The molecule has 8 heteroatoms. The molecule has 0 saturated carbocycles. The lowest BCUT2D eigenvalue weighted by atomic mass is 10.2. The van der Waals surface area contributed by atoms with E-state index in [-0.39, 0.29) is 6.04 Å². The van der Waals surface area contributed by atoms with E-state index in [1.54, 1.807) is 0 Å². The molecular weight excluding hydrogens is 252 g/mol. The lowest BCUT2D eigenvalue weighted by Crippen LogP contribution is -2.49. The Hall–Kier alpha value is -1.83. The van der Waals surface area contributed by atoms with Crippen molar-refractivity contribution in [2.75, 3.05) is 33.7 Å². The number of nitrogens with two attached hydrogens (primary N) is 1. The minimum absolute atomic E-state index is 0.126. The molecule has 1 atom stereocenters. The first kappa shape index (κ1) is 17.2. The van der Waals surface area contributed by atoms with Gasteiger partial charge in [0.05, 0.1) is 0 Å². The van der Waals surface area contributed by atoms with E-state index in [0.29, 0.717) is 0 Å². The van der Waals surface area contributed by atoms with Crippen LogP contribution in [0.1, 0.15) is 13.3 Å². The van der Waals surface area contributed by atoms with Crippen LogP contribution in [0.2, 0.25) is 0 Å². The fourth-order valence-electron chi connectivity index (χ4n) is 1.38. The summed E-state index contributed by atoms with van der Waals surface area (Å²) >= 11 is 0. The van der Waals surface area contributed by atoms with Crippen LogP contribution in [-0.2, 0) is 9.59 Å². The van der Waals surface area contributed by atoms with E-state index in [4.69, 9.17) is 10.8 Å². The van der Waals surface area contributed by atoms with Crippen LogP contribution in [0.5, 0.6) is 0 Å². The minimum Gasteiger partial charge on any atom is -0.480 e. The molecule has 19 heavy (non-hydrogen) atoms. The summed E-state index contributed by atoms with van der Waals surface area (Å²) in [5.74, 6) is -1.95. The van der Waals surface area contributed by atoms with E-state index < -0.39 is 31.0 Å². The highest BCUT2D eigenvalue weighted by Crippen LogP contribution is 1.96. The predicted molar refractivity (Wildman–Crippen MR) is 69.6 cm³/mol. The average Bonchev–Trinajstić information content (AvgIpc) is 2.24. The molecule has 0 heterocycles. The first-order chi connectivity index (χ1) is 8.72. The summed E-state index contributed by atoms with van der Waals surface area (Å²) in [6, 6.07) is -0.730. The molecule has 0 saturated heterocycles. The number of carboxylic acids is 1. The average molecular weight is 274 g/mol. The van der Waals surface area contributed by atoms with E-state index in [1.807, 2.05) is 25.9 Å². The predicted octanol–water partition coefficient (Wildman–Crippen LogP) is -1.09. The maximum atomic E-state index is 11.8. The quantitative estimate of drug-likeness (QED) is 0.520. The molecule has 0 aromatic carbocycles. The van der Waals surface area contributed by atoms with Gasteiger partial charge < -0.3 is 26.0 Å². The Balaban J connectivity index is 4.37. The number of nitrogens with zero attached hydrogens (tertiary/aromatic N) is 2. The van der Waals surface area contributed by atoms with E-state index in [1.165, 1.54) is 0 Å². The number of aliphatic carboxylic acids is 1. The van der Waals surface area contributed by atoms with E-state index in [0.717, 1.165) is 17.9 Å². The van der Waals surface area contributed by atoms with Crippen molar-refractivity contribution < 1.29 is 19.5 Å². The first-order valence-electron chi connectivity index (χ1n) is 5.92. The summed E-state index contributed by atoms with van der Waals surface area (Å²) in [6.45, 7) is 1.62. The number of nitrogens with one attached hydrogen (secondary N) is 1. The van der Waals surface area contributed by atoms with Crippen LogP contribution in [0.25, 0.3) is 0 Å². The largest absolute Gasteiger partial charge is 0.480 e. The van der Waals surface area contributed by atoms with Crippen LogP contribution in [0.15, 0.2) is 0 Å². The number of carbonyl (C=O) groups is 3. The molecule has 0 rings (SSSR count). The molecule has 0 fully saturated rings. The summed E-state index contributed by atoms with van der Waals surface area (Å²) in [5.41, 5.74) is 4.98. The monoisotopic (exact) mass is 274 g/mol. The Morgan fingerprint density at radius 2 is 1.84 bits per heavy atom. The SMILES string of the molecule is CC(CCN(C)C)NC(=O)N(CC(N)=O)CC(=O)O. The third-order valence-electron chi connectivity index (χ3n) is 2.34. The maximum absolute atomic E-state index is 11.8. The second kappa shape index (κ2) is 8.30. The van der Waals surface area contributed by atoms with E-state index in [2.05, 4.69) is 5.32 Å². The number of primary amides is 1. The van der Waals surface area contributed by atoms with Crippen LogP contribution in [0.3, 0.4) is 0 Å². The normalized spacial score (nSPS) is 12.0. The van der Waals surface area contributed by atoms with Crippen LogP contribution in [-0.4, -0.2) is 72.6 Å². The number of hydrogen-bond acceptors (Lipinski definition) is 4. The first-order valence-corrected chi connectivity index (χ1v) is 5.92. The zero-order valence-electron chi connectivity index (χ0n) is 11.5. The van der Waals surface area contributed by atoms with Gasteiger partial charge >= 0.3 is 12.0 Å². The molecule has 0 radical (unpaired) electrons. The van der Waals surface area contributed by atoms with Crippen LogP contribution < -0.4 is 11.1 Å². The standard InChI is InChI=1S/C11H22N4O4/c1-8(4-5-14(2)3)13-11(19)15(6-9(12)16)7-10(17)18/h8H,4-7H2,1-3H3,(H2,12,16)(H,13,19)(H,17,18). The Morgan fingerprint density at radius 3 is 2.26 bits per heavy atom. The van der Waals surface area contributed by atoms with Crippen molar-refractivity contribution >= 4 is 17.9 Å². The molecule has 0 aromatic rings. The lowest BCUT2D eigenvalue weighted by Gasteiger charge is -2.23. The molecule has 0 bridgehead atoms. The van der Waals surface area contributed by atoms with Crippen molar-refractivity contribution in [1.29, 1.82) is 0 Å². The van der Waals surface area contributed by atoms with Gasteiger partial charge in [-0.15, -0.1) is 0 Å². The fourth-order valence-corrected chi connectivity index (χ4v) is 1.38. The highest BCUT2D eigenvalue weighted by atomic mass is 16.4. The van der Waals surface area contributed by atoms with Crippen molar-refractivity contribution in [3.05, 3.63) is 0 Å². The van der Waals surface area contributed by atoms with Gasteiger partial charge in [-0.1, -0.05) is 0 Å². The Kier molecular flexibility index (Phi) is 7.50. The molecule has 3 amide bonds. The van der Waals surface area contributed by atoms with Gasteiger partial charge in [-0.05, 0) is 34.0 Å². The van der Waals surface area contributed by atoms with Gasteiger partial charge in [0.2, 0.25) is 5.91 Å². The molecule has 0 aliphatic heterocycles. The van der Waals surface area contributed by atoms with Crippen molar-refractivity contribution in [2.45, 2.75) is 19.4 Å². The molecular formula is C11H22N4O4. The number of carbonyl (C=O) groups excluding carboxylic acids is 2. The molecule has 0 aliphatic carbocycles. The van der Waals surface area contributed by atoms with Crippen LogP contribution in [0.4, 0.5) is 4.79 Å². The molecule has 4 N–H and O–H groups in total. The van der Waals surface area contributed by atoms with Gasteiger partial charge in [-0.25, -0.2) is 4.79 Å². The Morgan fingerprint density at radius 1 is 1.26 bits per heavy atom. The molecule has 0 aliphatic rings. The van der Waals surface area contributed by atoms with Gasteiger partial charge in [0, 0.05) is 6.04 Å². The molecule has 0 aromatic heterocycles. The molecule has 110 valence electrons. The second-order valence-electron chi connectivity index (χ2n) is 4.66. The fraction of sp³-hybridized carbons (Fsp3) is 0.727. The molecule has 1 unspecified atom stereocenters. The Bertz CT molecular complexity index is 317. The third-order valence-corrected chi connectivity index (χ3v) is 2.34. The van der Waals surface area contributed by atoms with E-state index >= 15 is 0 Å². The summed E-state index contributed by atoms with van der Waals surface area (Å²) in [6.07, 6.45) is 0.718. The summed E-state index contributed by atoms with van der Waals surface area (Å²) in [7, 11) is 3.83. The maximum Gasteiger partial charge on any atom is 0.323 e. The van der Waals surface area contributed by atoms with Gasteiger partial charge in [0.25, 0.3) is 0 Å². The van der Waals surface area contributed by atoms with Crippen molar-refractivity contribution in [3.63, 3.8) is 0 Å². The van der Waals surface area contributed by atoms with Crippen molar-refractivity contribution in [3.8, 4) is 0 Å². The van der Waals surface area contributed by atoms with Gasteiger partial charge in [-0.2, -0.15) is 0 Å².